The van der Waals surface area contributed by atoms with E-state index in [9.17, 15) is 8.42 Å². The van der Waals surface area contributed by atoms with Crippen molar-refractivity contribution in [2.75, 3.05) is 4.72 Å². The van der Waals surface area contributed by atoms with Crippen molar-refractivity contribution in [3.05, 3.63) is 57.0 Å². The van der Waals surface area contributed by atoms with Crippen molar-refractivity contribution in [3.8, 4) is 0 Å². The Morgan fingerprint density at radius 2 is 1.53 bits per heavy atom. The van der Waals surface area contributed by atoms with Crippen LogP contribution in [0, 0.1) is 0 Å². The largest absolute Gasteiger partial charge is 0.277 e. The molecule has 0 unspecified atom stereocenters. The van der Waals surface area contributed by atoms with Gasteiger partial charge in [-0.15, -0.1) is 0 Å². The highest BCUT2D eigenvalue weighted by molar-refractivity contribution is 9.10. The van der Waals surface area contributed by atoms with Crippen molar-refractivity contribution in [1.29, 1.82) is 0 Å². The zero-order chi connectivity index (χ0) is 14.0. The van der Waals surface area contributed by atoms with Crippen LogP contribution < -0.4 is 4.72 Å². The Labute approximate surface area is 129 Å². The molecule has 1 N–H and O–H groups in total. The molecule has 7 heteroatoms. The van der Waals surface area contributed by atoms with Crippen LogP contribution in [0.1, 0.15) is 0 Å². The predicted molar refractivity (Wildman–Crippen MR) is 81.4 cm³/mol. The lowest BCUT2D eigenvalue weighted by Gasteiger charge is -2.12. The van der Waals surface area contributed by atoms with Crippen LogP contribution in [-0.4, -0.2) is 8.42 Å². The first-order valence-corrected chi connectivity index (χ1v) is 8.16. The molecule has 0 aliphatic carbocycles. The van der Waals surface area contributed by atoms with E-state index in [0.717, 1.165) is 0 Å². The maximum Gasteiger partial charge on any atom is 0.263 e. The Bertz CT molecular complexity index is 699. The maximum atomic E-state index is 12.3. The van der Waals surface area contributed by atoms with Crippen molar-refractivity contribution in [1.82, 2.24) is 0 Å². The van der Waals surface area contributed by atoms with E-state index in [2.05, 4.69) is 20.7 Å². The molecule has 0 heterocycles. The molecule has 0 saturated heterocycles. The van der Waals surface area contributed by atoms with E-state index < -0.39 is 10.0 Å². The molecule has 2 rings (SSSR count). The molecule has 2 aromatic carbocycles. The summed E-state index contributed by atoms with van der Waals surface area (Å²) in [5.74, 6) is 0. The summed E-state index contributed by atoms with van der Waals surface area (Å²) in [5.41, 5.74) is 0.168. The molecule has 2 aromatic rings. The molecule has 0 radical (unpaired) electrons. The van der Waals surface area contributed by atoms with Gasteiger partial charge in [-0.3, -0.25) is 4.72 Å². The van der Waals surface area contributed by atoms with Crippen molar-refractivity contribution < 1.29 is 8.42 Å². The third-order valence-corrected chi connectivity index (χ3v) is 5.32. The zero-order valence-electron chi connectivity index (χ0n) is 9.40. The van der Waals surface area contributed by atoms with Gasteiger partial charge in [0.25, 0.3) is 10.0 Å². The van der Waals surface area contributed by atoms with Gasteiger partial charge in [0.2, 0.25) is 0 Å². The Morgan fingerprint density at radius 1 is 0.947 bits per heavy atom. The number of halogens is 3. The fourth-order valence-electron chi connectivity index (χ4n) is 1.45. The van der Waals surface area contributed by atoms with E-state index in [4.69, 9.17) is 23.2 Å². The van der Waals surface area contributed by atoms with Crippen LogP contribution in [-0.2, 0) is 10.0 Å². The summed E-state index contributed by atoms with van der Waals surface area (Å²) in [6, 6.07) is 11.2. The first-order chi connectivity index (χ1) is 8.92. The van der Waals surface area contributed by atoms with Crippen LogP contribution >= 0.6 is 39.1 Å². The summed E-state index contributed by atoms with van der Waals surface area (Å²) in [7, 11) is -3.75. The van der Waals surface area contributed by atoms with E-state index in [0.29, 0.717) is 4.47 Å². The molecule has 0 amide bonds. The van der Waals surface area contributed by atoms with Gasteiger partial charge in [-0.05, 0) is 40.2 Å². The van der Waals surface area contributed by atoms with Crippen molar-refractivity contribution in [3.63, 3.8) is 0 Å². The van der Waals surface area contributed by atoms with Crippen molar-refractivity contribution >= 4 is 54.8 Å². The lowest BCUT2D eigenvalue weighted by atomic mass is 10.3. The molecule has 19 heavy (non-hydrogen) atoms. The minimum absolute atomic E-state index is 0.117. The topological polar surface area (TPSA) is 46.2 Å². The highest BCUT2D eigenvalue weighted by Crippen LogP contribution is 2.32. The smallest absolute Gasteiger partial charge is 0.263 e. The van der Waals surface area contributed by atoms with E-state index in [-0.39, 0.29) is 20.6 Å². The molecular weight excluding hydrogens is 373 g/mol. The van der Waals surface area contributed by atoms with Gasteiger partial charge >= 0.3 is 0 Å². The highest BCUT2D eigenvalue weighted by Gasteiger charge is 2.19. The molecule has 0 fully saturated rings. The Kier molecular flexibility index (Phi) is 4.40. The molecule has 0 aliphatic rings. The van der Waals surface area contributed by atoms with Crippen LogP contribution in [0.25, 0.3) is 0 Å². The summed E-state index contributed by atoms with van der Waals surface area (Å²) >= 11 is 15.1. The fraction of sp³-hybridized carbons (Fsp3) is 0. The molecular formula is C12H8BrCl2NO2S. The lowest BCUT2D eigenvalue weighted by molar-refractivity contribution is 0.601. The molecule has 0 spiro atoms. The summed E-state index contributed by atoms with van der Waals surface area (Å²) in [6.07, 6.45) is 0. The molecule has 0 aromatic heterocycles. The van der Waals surface area contributed by atoms with E-state index in [1.807, 2.05) is 0 Å². The lowest BCUT2D eigenvalue weighted by Crippen LogP contribution is -2.14. The fourth-order valence-corrected chi connectivity index (χ4v) is 4.16. The Hall–Kier alpha value is -0.750. The van der Waals surface area contributed by atoms with Gasteiger partial charge in [0, 0.05) is 4.47 Å². The highest BCUT2D eigenvalue weighted by atomic mass is 79.9. The van der Waals surface area contributed by atoms with Crippen molar-refractivity contribution in [2.24, 2.45) is 0 Å². The van der Waals surface area contributed by atoms with Crippen molar-refractivity contribution in [2.45, 2.75) is 4.90 Å². The summed E-state index contributed by atoms with van der Waals surface area (Å²) in [6.45, 7) is 0. The van der Waals surface area contributed by atoms with E-state index in [1.165, 1.54) is 6.07 Å². The third-order valence-electron chi connectivity index (χ3n) is 2.33. The van der Waals surface area contributed by atoms with Crippen LogP contribution in [0.5, 0.6) is 0 Å². The van der Waals surface area contributed by atoms with Crippen LogP contribution in [0.3, 0.4) is 0 Å². The minimum Gasteiger partial charge on any atom is -0.277 e. The Balaban J connectivity index is 2.46. The molecule has 0 bridgehead atoms. The number of para-hydroxylation sites is 1. The quantitative estimate of drug-likeness (QED) is 0.848. The second-order valence-electron chi connectivity index (χ2n) is 3.63. The molecule has 0 saturated carbocycles. The Morgan fingerprint density at radius 3 is 2.11 bits per heavy atom. The zero-order valence-corrected chi connectivity index (χ0v) is 13.3. The molecule has 3 nitrogen and oxygen atoms in total. The molecule has 100 valence electrons. The number of anilines is 1. The average molecular weight is 381 g/mol. The third kappa shape index (κ3) is 3.23. The van der Waals surface area contributed by atoms with Crippen LogP contribution in [0.4, 0.5) is 5.69 Å². The standard InChI is InChI=1S/C12H8BrCl2NO2S/c13-8-4-1-2-7-11(8)19(17,18)16-12-9(14)5-3-6-10(12)15/h1-7,16H. The monoisotopic (exact) mass is 379 g/mol. The number of hydrogen-bond acceptors (Lipinski definition) is 2. The number of hydrogen-bond donors (Lipinski definition) is 1. The second kappa shape index (κ2) is 5.71. The number of sulfonamides is 1. The van der Waals surface area contributed by atoms with Gasteiger partial charge in [-0.25, -0.2) is 8.42 Å². The first kappa shape index (κ1) is 14.7. The molecule has 0 aliphatic heterocycles. The summed E-state index contributed by atoms with van der Waals surface area (Å²) in [5, 5.41) is 0.478. The molecule has 0 atom stereocenters. The van der Waals surface area contributed by atoms with Gasteiger partial charge in [0.15, 0.2) is 0 Å². The summed E-state index contributed by atoms with van der Waals surface area (Å²) in [4.78, 5) is 0.117. The van der Waals surface area contributed by atoms with Crippen LogP contribution in [0.2, 0.25) is 10.0 Å². The van der Waals surface area contributed by atoms with Gasteiger partial charge in [-0.1, -0.05) is 41.4 Å². The van der Waals surface area contributed by atoms with Crippen LogP contribution in [0.15, 0.2) is 51.8 Å². The van der Waals surface area contributed by atoms with Gasteiger partial charge in [0.1, 0.15) is 4.90 Å². The first-order valence-electron chi connectivity index (χ1n) is 5.13. The van der Waals surface area contributed by atoms with E-state index >= 15 is 0 Å². The van der Waals surface area contributed by atoms with Gasteiger partial charge < -0.3 is 0 Å². The SMILES string of the molecule is O=S(=O)(Nc1c(Cl)cccc1Cl)c1ccccc1Br. The predicted octanol–water partition coefficient (Wildman–Crippen LogP) is 4.56. The van der Waals surface area contributed by atoms with Gasteiger partial charge in [0.05, 0.1) is 15.7 Å². The number of benzene rings is 2. The average Bonchev–Trinajstić information content (AvgIpc) is 2.34. The summed E-state index contributed by atoms with van der Waals surface area (Å²) < 4.78 is 27.4. The second-order valence-corrected chi connectivity index (χ2v) is 6.95. The maximum absolute atomic E-state index is 12.3. The van der Waals surface area contributed by atoms with Gasteiger partial charge in [-0.2, -0.15) is 0 Å². The minimum atomic E-state index is -3.75. The van der Waals surface area contributed by atoms with E-state index in [1.54, 1.807) is 36.4 Å². The number of rotatable bonds is 3. The number of nitrogens with one attached hydrogen (secondary N) is 1. The normalized spacial score (nSPS) is 11.3.